The molecular formula is C26H23N7. The van der Waals surface area contributed by atoms with Crippen LogP contribution in [0.25, 0.3) is 32.9 Å². The summed E-state index contributed by atoms with van der Waals surface area (Å²) < 4.78 is 0. The summed E-state index contributed by atoms with van der Waals surface area (Å²) >= 11 is 0. The fraction of sp³-hybridized carbons (Fsp3) is 0.154. The molecule has 0 aliphatic carbocycles. The smallest absolute Gasteiger partial charge is 0.247 e. The van der Waals surface area contributed by atoms with Crippen LogP contribution >= 0.6 is 0 Å². The average molecular weight is 434 g/mol. The third kappa shape index (κ3) is 3.94. The van der Waals surface area contributed by atoms with Crippen LogP contribution in [0.3, 0.4) is 0 Å². The summed E-state index contributed by atoms with van der Waals surface area (Å²) in [6.45, 7) is 4.10. The molecule has 2 N–H and O–H groups in total. The molecule has 1 aliphatic rings. The van der Waals surface area contributed by atoms with Gasteiger partial charge < -0.3 is 15.5 Å². The first-order valence-corrected chi connectivity index (χ1v) is 11.1. The molecule has 1 aliphatic heterocycles. The van der Waals surface area contributed by atoms with Crippen molar-refractivity contribution in [1.29, 1.82) is 0 Å². The van der Waals surface area contributed by atoms with Crippen LogP contribution in [0.5, 0.6) is 0 Å². The Morgan fingerprint density at radius 3 is 2.55 bits per heavy atom. The third-order valence-electron chi connectivity index (χ3n) is 6.04. The maximum atomic E-state index is 4.73. The van der Waals surface area contributed by atoms with Gasteiger partial charge in [-0.15, -0.1) is 10.2 Å². The van der Waals surface area contributed by atoms with Crippen molar-refractivity contribution in [3.8, 4) is 11.1 Å². The molecule has 0 radical (unpaired) electrons. The number of anilines is 3. The second-order valence-corrected chi connectivity index (χ2v) is 8.16. The van der Waals surface area contributed by atoms with Crippen LogP contribution in [-0.4, -0.2) is 46.3 Å². The maximum absolute atomic E-state index is 4.73. The van der Waals surface area contributed by atoms with Crippen molar-refractivity contribution in [1.82, 2.24) is 25.5 Å². The fourth-order valence-electron chi connectivity index (χ4n) is 4.31. The number of pyridine rings is 1. The third-order valence-corrected chi connectivity index (χ3v) is 6.04. The van der Waals surface area contributed by atoms with E-state index in [0.29, 0.717) is 5.95 Å². The van der Waals surface area contributed by atoms with Crippen LogP contribution in [0.1, 0.15) is 0 Å². The summed E-state index contributed by atoms with van der Waals surface area (Å²) in [4.78, 5) is 11.5. The van der Waals surface area contributed by atoms with E-state index in [2.05, 4.69) is 67.1 Å². The van der Waals surface area contributed by atoms with Gasteiger partial charge in [0.25, 0.3) is 0 Å². The maximum Gasteiger partial charge on any atom is 0.247 e. The summed E-state index contributed by atoms with van der Waals surface area (Å²) in [6, 6.07) is 22.7. The van der Waals surface area contributed by atoms with E-state index in [1.807, 2.05) is 42.7 Å². The number of fused-ring (bicyclic) bond motifs is 2. The van der Waals surface area contributed by atoms with Gasteiger partial charge in [-0.1, -0.05) is 30.3 Å². The van der Waals surface area contributed by atoms with Crippen molar-refractivity contribution in [2.75, 3.05) is 36.4 Å². The van der Waals surface area contributed by atoms with Gasteiger partial charge in [-0.3, -0.25) is 4.98 Å². The molecule has 3 aromatic carbocycles. The zero-order valence-corrected chi connectivity index (χ0v) is 18.1. The minimum Gasteiger partial charge on any atom is -0.369 e. The van der Waals surface area contributed by atoms with E-state index in [1.165, 1.54) is 5.69 Å². The molecule has 7 heteroatoms. The SMILES string of the molecule is c1ccc2c(-c3ccc4nnc(Nc5ccc(N6CCNCC6)cc5)nc4c3)cncc2c1. The molecule has 33 heavy (non-hydrogen) atoms. The molecule has 1 saturated heterocycles. The van der Waals surface area contributed by atoms with Crippen LogP contribution < -0.4 is 15.5 Å². The van der Waals surface area contributed by atoms with Crippen molar-refractivity contribution in [2.45, 2.75) is 0 Å². The highest BCUT2D eigenvalue weighted by atomic mass is 15.2. The van der Waals surface area contributed by atoms with Gasteiger partial charge in [-0.2, -0.15) is 0 Å². The molecule has 5 aromatic rings. The Hall–Kier alpha value is -4.10. The van der Waals surface area contributed by atoms with Gasteiger partial charge >= 0.3 is 0 Å². The quantitative estimate of drug-likeness (QED) is 0.435. The van der Waals surface area contributed by atoms with Crippen LogP contribution in [-0.2, 0) is 0 Å². The molecule has 6 rings (SSSR count). The number of hydrogen-bond donors (Lipinski definition) is 2. The van der Waals surface area contributed by atoms with Gasteiger partial charge in [-0.05, 0) is 47.3 Å². The van der Waals surface area contributed by atoms with E-state index >= 15 is 0 Å². The zero-order valence-electron chi connectivity index (χ0n) is 18.1. The lowest BCUT2D eigenvalue weighted by molar-refractivity contribution is 0.589. The lowest BCUT2D eigenvalue weighted by atomic mass is 10.0. The van der Waals surface area contributed by atoms with Gasteiger partial charge in [0.15, 0.2) is 0 Å². The largest absolute Gasteiger partial charge is 0.369 e. The van der Waals surface area contributed by atoms with Gasteiger partial charge in [-0.25, -0.2) is 4.98 Å². The van der Waals surface area contributed by atoms with E-state index in [1.54, 1.807) is 0 Å². The Labute approximate surface area is 191 Å². The van der Waals surface area contributed by atoms with Gasteiger partial charge in [0, 0.05) is 60.9 Å². The topological polar surface area (TPSA) is 78.9 Å². The number of aromatic nitrogens is 4. The Bertz CT molecular complexity index is 1420. The van der Waals surface area contributed by atoms with Crippen LogP contribution in [0.15, 0.2) is 79.1 Å². The Kier molecular flexibility index (Phi) is 5.01. The van der Waals surface area contributed by atoms with Crippen molar-refractivity contribution in [3.05, 3.63) is 79.1 Å². The van der Waals surface area contributed by atoms with Crippen LogP contribution in [0, 0.1) is 0 Å². The first kappa shape index (κ1) is 19.6. The summed E-state index contributed by atoms with van der Waals surface area (Å²) in [6.07, 6.45) is 3.79. The highest BCUT2D eigenvalue weighted by Gasteiger charge is 2.11. The van der Waals surface area contributed by atoms with Gasteiger partial charge in [0.1, 0.15) is 5.52 Å². The highest BCUT2D eigenvalue weighted by molar-refractivity contribution is 5.97. The van der Waals surface area contributed by atoms with Gasteiger partial charge in [0.2, 0.25) is 5.95 Å². The molecule has 1 fully saturated rings. The Balaban J connectivity index is 1.28. The second-order valence-electron chi connectivity index (χ2n) is 8.16. The van der Waals surface area contributed by atoms with E-state index in [-0.39, 0.29) is 0 Å². The average Bonchev–Trinajstić information content (AvgIpc) is 2.89. The Morgan fingerprint density at radius 1 is 0.818 bits per heavy atom. The molecule has 0 unspecified atom stereocenters. The molecule has 0 spiro atoms. The molecule has 0 atom stereocenters. The number of rotatable bonds is 4. The highest BCUT2D eigenvalue weighted by Crippen LogP contribution is 2.29. The molecule has 2 aromatic heterocycles. The molecule has 7 nitrogen and oxygen atoms in total. The number of nitrogens with one attached hydrogen (secondary N) is 2. The van der Waals surface area contributed by atoms with E-state index in [4.69, 9.17) is 4.98 Å². The predicted molar refractivity (Wildman–Crippen MR) is 133 cm³/mol. The van der Waals surface area contributed by atoms with E-state index < -0.39 is 0 Å². The minimum absolute atomic E-state index is 0.477. The molecule has 0 amide bonds. The van der Waals surface area contributed by atoms with Crippen molar-refractivity contribution in [3.63, 3.8) is 0 Å². The van der Waals surface area contributed by atoms with E-state index in [9.17, 15) is 0 Å². The van der Waals surface area contributed by atoms with Crippen molar-refractivity contribution < 1.29 is 0 Å². The Morgan fingerprint density at radius 2 is 1.67 bits per heavy atom. The van der Waals surface area contributed by atoms with E-state index in [0.717, 1.165) is 64.8 Å². The second kappa shape index (κ2) is 8.44. The first-order chi connectivity index (χ1) is 16.3. The lowest BCUT2D eigenvalue weighted by Crippen LogP contribution is -2.43. The number of nitrogens with zero attached hydrogens (tertiary/aromatic N) is 5. The van der Waals surface area contributed by atoms with Crippen LogP contribution in [0.2, 0.25) is 0 Å². The summed E-state index contributed by atoms with van der Waals surface area (Å²) in [5, 5.41) is 17.6. The normalized spacial score (nSPS) is 14.0. The van der Waals surface area contributed by atoms with Gasteiger partial charge in [0.05, 0.1) is 5.52 Å². The summed E-state index contributed by atoms with van der Waals surface area (Å²) in [5.41, 5.74) is 5.84. The molecule has 162 valence electrons. The van der Waals surface area contributed by atoms with Crippen molar-refractivity contribution in [2.24, 2.45) is 0 Å². The van der Waals surface area contributed by atoms with Crippen LogP contribution in [0.4, 0.5) is 17.3 Å². The van der Waals surface area contributed by atoms with Crippen molar-refractivity contribution >= 4 is 39.1 Å². The number of piperazine rings is 1. The summed E-state index contributed by atoms with van der Waals surface area (Å²) in [5.74, 6) is 0.477. The fourth-order valence-corrected chi connectivity index (χ4v) is 4.31. The lowest BCUT2D eigenvalue weighted by Gasteiger charge is -2.29. The summed E-state index contributed by atoms with van der Waals surface area (Å²) in [7, 11) is 0. The standard InChI is InChI=1S/C26H23N7/c1-2-4-22-19(3-1)16-28-17-23(22)18-5-10-24-25(15-18)30-26(32-31-24)29-20-6-8-21(9-7-20)33-13-11-27-12-14-33/h1-10,15-17,27H,11-14H2,(H,29,30,32). The molecule has 0 bridgehead atoms. The number of hydrogen-bond acceptors (Lipinski definition) is 7. The molecular weight excluding hydrogens is 410 g/mol. The number of benzene rings is 3. The molecule has 0 saturated carbocycles. The zero-order chi connectivity index (χ0) is 22.0. The minimum atomic E-state index is 0.477. The molecule has 3 heterocycles. The predicted octanol–water partition coefficient (Wildman–Crippen LogP) is 4.39. The first-order valence-electron chi connectivity index (χ1n) is 11.1. The monoisotopic (exact) mass is 433 g/mol.